The average molecular weight is 984 g/mol. The molecule has 10 rings (SSSR count). The molecule has 0 heterocycles. The molecular weight excluding hydrogens is 927 g/mol. The second-order valence-electron chi connectivity index (χ2n) is 16.2. The summed E-state index contributed by atoms with van der Waals surface area (Å²) in [5.41, 5.74) is 7.91. The van der Waals surface area contributed by atoms with Gasteiger partial charge >= 0.3 is 25.8 Å². The maximum Gasteiger partial charge on any atom is 4.00 e. The van der Waals surface area contributed by atoms with Gasteiger partial charge in [0, 0.05) is 0 Å². The van der Waals surface area contributed by atoms with Crippen molar-refractivity contribution >= 4 is 71.9 Å². The number of hydrogen-bond donors (Lipinski definition) is 0. The molecule has 2 heteroatoms. The van der Waals surface area contributed by atoms with Gasteiger partial charge in [-0.25, -0.2) is 0 Å². The van der Waals surface area contributed by atoms with Gasteiger partial charge in [-0.1, -0.05) is 220 Å². The molecule has 0 N–H and O–H groups in total. The quantitative estimate of drug-likeness (QED) is 0.0809. The van der Waals surface area contributed by atoms with Crippen LogP contribution in [0.4, 0.5) is 0 Å². The predicted molar refractivity (Wildman–Crippen MR) is 272 cm³/mol. The van der Waals surface area contributed by atoms with E-state index in [0.29, 0.717) is 0 Å². The monoisotopic (exact) mass is 984 g/mol. The number of hydrogen-bond acceptors (Lipinski definition) is 0. The zero-order valence-electron chi connectivity index (χ0n) is 36.7. The van der Waals surface area contributed by atoms with E-state index in [9.17, 15) is 0 Å². The van der Waals surface area contributed by atoms with Crippen LogP contribution in [0.25, 0.3) is 65.3 Å². The van der Waals surface area contributed by atoms with E-state index >= 15 is 0 Å². The Hall–Kier alpha value is -5.41. The molecule has 0 aromatic heterocycles. The van der Waals surface area contributed by atoms with Gasteiger partial charge in [-0.3, -0.25) is 0 Å². The van der Waals surface area contributed by atoms with Crippen molar-refractivity contribution in [3.05, 3.63) is 219 Å². The van der Waals surface area contributed by atoms with Gasteiger partial charge in [0.05, 0.1) is 0 Å². The Kier molecular flexibility index (Phi) is 14.5. The van der Waals surface area contributed by atoms with Crippen molar-refractivity contribution in [2.75, 3.05) is 0 Å². The molecule has 62 heavy (non-hydrogen) atoms. The smallest absolute Gasteiger partial charge is 0.343 e. The van der Waals surface area contributed by atoms with Crippen molar-refractivity contribution in [3.8, 4) is 22.3 Å². The van der Waals surface area contributed by atoms with Crippen LogP contribution < -0.4 is 20.7 Å². The minimum Gasteiger partial charge on any atom is -0.343 e. The summed E-state index contributed by atoms with van der Waals surface area (Å²) >= 11 is 0. The van der Waals surface area contributed by atoms with Crippen LogP contribution in [-0.4, -0.2) is 8.07 Å². The van der Waals surface area contributed by atoms with Gasteiger partial charge in [0.25, 0.3) is 0 Å². The van der Waals surface area contributed by atoms with Crippen LogP contribution in [0.15, 0.2) is 194 Å². The first-order valence-electron chi connectivity index (χ1n) is 22.0. The largest absolute Gasteiger partial charge is 4.00 e. The van der Waals surface area contributed by atoms with E-state index < -0.39 is 8.07 Å². The van der Waals surface area contributed by atoms with Gasteiger partial charge in [-0.05, 0) is 31.9 Å². The summed E-state index contributed by atoms with van der Waals surface area (Å²) < 4.78 is 0. The number of aryl methyl sites for hydroxylation is 2. The van der Waals surface area contributed by atoms with E-state index in [0.717, 1.165) is 12.8 Å². The van der Waals surface area contributed by atoms with Crippen LogP contribution >= 0.6 is 0 Å². The third-order valence-electron chi connectivity index (χ3n) is 12.3. The normalized spacial score (nSPS) is 11.2. The maximum atomic E-state index is 3.60. The number of rotatable bonds is 8. The van der Waals surface area contributed by atoms with Crippen molar-refractivity contribution in [3.63, 3.8) is 0 Å². The zero-order valence-corrected chi connectivity index (χ0v) is 41.3. The molecule has 0 aliphatic carbocycles. The molecule has 0 saturated carbocycles. The Morgan fingerprint density at radius 1 is 0.419 bits per heavy atom. The second-order valence-corrected chi connectivity index (χ2v) is 19.9. The molecule has 0 aliphatic rings. The molecule has 10 aromatic carbocycles. The summed E-state index contributed by atoms with van der Waals surface area (Å²) in [5, 5.41) is 16.1. The number of unbranched alkanes of at least 4 members (excludes halogenated alkanes) is 2. The second kappa shape index (κ2) is 20.2. The van der Waals surface area contributed by atoms with Gasteiger partial charge in [-0.2, -0.15) is 12.8 Å². The fourth-order valence-electron chi connectivity index (χ4n) is 9.46. The zero-order chi connectivity index (χ0) is 42.3. The van der Waals surface area contributed by atoms with Crippen molar-refractivity contribution in [1.82, 2.24) is 0 Å². The van der Waals surface area contributed by atoms with Crippen LogP contribution in [-0.2, 0) is 25.8 Å². The fourth-order valence-corrected chi connectivity index (χ4v) is 14.7. The van der Waals surface area contributed by atoms with Gasteiger partial charge in [0.2, 0.25) is 0 Å². The van der Waals surface area contributed by atoms with Crippen molar-refractivity contribution in [2.45, 2.75) is 53.4 Å². The summed E-state index contributed by atoms with van der Waals surface area (Å²) in [6.07, 6.45) is 4.56. The first-order valence-corrected chi connectivity index (χ1v) is 24.0. The molecule has 0 aliphatic heterocycles. The Morgan fingerprint density at radius 3 is 1.15 bits per heavy atom. The van der Waals surface area contributed by atoms with Gasteiger partial charge < -0.3 is 13.8 Å². The topological polar surface area (TPSA) is 0 Å². The van der Waals surface area contributed by atoms with Crippen LogP contribution in [0.3, 0.4) is 0 Å². The Labute approximate surface area is 389 Å². The predicted octanol–water partition coefficient (Wildman–Crippen LogP) is 14.3. The van der Waals surface area contributed by atoms with Crippen molar-refractivity contribution in [1.29, 1.82) is 0 Å². The SMILES string of the molecule is Cc1[cH-]c2cccc([Si](c3ccccc3)(c3ccccc3)c3cccc4[cH-]c(C)c(-c5cccc6ccccc56)c34)c2c1-c1cccc2ccccc12.[CH2-]CCC.[CH2-]CCC.[Hf+4]. The van der Waals surface area contributed by atoms with Crippen LogP contribution in [0.5, 0.6) is 0 Å². The van der Waals surface area contributed by atoms with Crippen molar-refractivity contribution < 1.29 is 25.8 Å². The molecular formula is C60H56HfSi. The molecule has 0 fully saturated rings. The molecule has 0 radical (unpaired) electrons. The van der Waals surface area contributed by atoms with Crippen LogP contribution in [0.1, 0.15) is 50.7 Å². The van der Waals surface area contributed by atoms with Gasteiger partial charge in [-0.15, -0.1) is 80.2 Å². The first kappa shape index (κ1) is 44.6. The Bertz CT molecular complexity index is 2820. The molecule has 304 valence electrons. The first-order chi connectivity index (χ1) is 30.0. The summed E-state index contributed by atoms with van der Waals surface area (Å²) in [4.78, 5) is 0. The molecule has 0 bridgehead atoms. The number of fused-ring (bicyclic) bond motifs is 4. The Morgan fingerprint density at radius 2 is 0.758 bits per heavy atom. The maximum absolute atomic E-state index is 3.60. The molecule has 0 nitrogen and oxygen atoms in total. The minimum absolute atomic E-state index is 0. The molecule has 0 saturated heterocycles. The molecule has 0 unspecified atom stereocenters. The summed E-state index contributed by atoms with van der Waals surface area (Å²) in [7, 11) is -3.07. The summed E-state index contributed by atoms with van der Waals surface area (Å²) in [6, 6.07) is 73.2. The van der Waals surface area contributed by atoms with Crippen LogP contribution in [0, 0.1) is 27.7 Å². The summed E-state index contributed by atoms with van der Waals surface area (Å²) in [5.74, 6) is 0. The van der Waals surface area contributed by atoms with E-state index in [-0.39, 0.29) is 25.8 Å². The molecule has 0 atom stereocenters. The minimum atomic E-state index is -3.07. The van der Waals surface area contributed by atoms with Crippen LogP contribution in [0.2, 0.25) is 0 Å². The third kappa shape index (κ3) is 8.16. The summed E-state index contributed by atoms with van der Waals surface area (Å²) in [6.45, 7) is 16.0. The standard InChI is InChI=1S/C52H38Si.2C4H9.Hf/c1-35-33-39-21-15-31-47(51(39)49(35)45-29-13-19-37-17-9-11-27-43(37)45)53(41-23-5-3-6-24-41,42-25-7-4-8-26-42)48-32-16-22-40-34-36(2)50(52(40)48)46-30-14-20-38-18-10-12-28-44(38)46;2*1-3-4-2;/h3-34H,1-2H3;2*1,3-4H2,2H3;/q-2;2*-1;+4. The van der Waals surface area contributed by atoms with E-state index in [4.69, 9.17) is 0 Å². The number of benzene rings is 8. The van der Waals surface area contributed by atoms with E-state index in [2.05, 4.69) is 236 Å². The van der Waals surface area contributed by atoms with Crippen molar-refractivity contribution in [2.24, 2.45) is 0 Å². The Balaban J connectivity index is 0.000000594. The van der Waals surface area contributed by atoms with E-state index in [1.54, 1.807) is 0 Å². The molecule has 0 spiro atoms. The van der Waals surface area contributed by atoms with Gasteiger partial charge in [0.15, 0.2) is 8.07 Å². The van der Waals surface area contributed by atoms with E-state index in [1.165, 1.54) is 110 Å². The third-order valence-corrected chi connectivity index (χ3v) is 17.1. The van der Waals surface area contributed by atoms with Gasteiger partial charge in [0.1, 0.15) is 0 Å². The molecule has 0 amide bonds. The van der Waals surface area contributed by atoms with E-state index in [1.807, 2.05) is 0 Å². The molecule has 10 aromatic rings. The average Bonchev–Trinajstić information content (AvgIpc) is 3.85. The fraction of sp³-hybridized carbons (Fsp3) is 0.133.